The van der Waals surface area contributed by atoms with Crippen LogP contribution in [0.15, 0.2) is 22.8 Å². The third-order valence-corrected chi connectivity index (χ3v) is 3.35. The Morgan fingerprint density at radius 1 is 1.65 bits per heavy atom. The Balaban J connectivity index is 1.91. The SMILES string of the molecule is CC1(CNC(=O)c2ccc(Br)cn2)CCCO1. The van der Waals surface area contributed by atoms with Crippen LogP contribution in [-0.4, -0.2) is 29.6 Å². The highest BCUT2D eigenvalue weighted by Gasteiger charge is 2.30. The number of amides is 1. The first kappa shape index (κ1) is 12.5. The summed E-state index contributed by atoms with van der Waals surface area (Å²) < 4.78 is 6.46. The summed E-state index contributed by atoms with van der Waals surface area (Å²) in [5, 5.41) is 2.86. The minimum absolute atomic E-state index is 0.158. The first-order chi connectivity index (χ1) is 8.09. The van der Waals surface area contributed by atoms with Crippen LogP contribution in [0.5, 0.6) is 0 Å². The highest BCUT2D eigenvalue weighted by molar-refractivity contribution is 9.10. The molecular weight excluding hydrogens is 284 g/mol. The molecule has 2 rings (SSSR count). The first-order valence-electron chi connectivity index (χ1n) is 5.63. The Morgan fingerprint density at radius 2 is 2.47 bits per heavy atom. The van der Waals surface area contributed by atoms with Gasteiger partial charge in [0.05, 0.1) is 5.60 Å². The maximum Gasteiger partial charge on any atom is 0.269 e. The van der Waals surface area contributed by atoms with Crippen molar-refractivity contribution in [2.45, 2.75) is 25.4 Å². The lowest BCUT2D eigenvalue weighted by Gasteiger charge is -2.23. The Kier molecular flexibility index (Phi) is 3.79. The van der Waals surface area contributed by atoms with Gasteiger partial charge in [0.15, 0.2) is 0 Å². The number of hydrogen-bond acceptors (Lipinski definition) is 3. The maximum absolute atomic E-state index is 11.8. The normalized spacial score (nSPS) is 23.6. The fraction of sp³-hybridized carbons (Fsp3) is 0.500. The molecule has 4 nitrogen and oxygen atoms in total. The number of ether oxygens (including phenoxy) is 1. The van der Waals surface area contributed by atoms with Crippen LogP contribution in [0, 0.1) is 0 Å². The molecule has 2 heterocycles. The second-order valence-corrected chi connectivity index (χ2v) is 5.36. The number of carbonyl (C=O) groups is 1. The van der Waals surface area contributed by atoms with Gasteiger partial charge in [0.1, 0.15) is 5.69 Å². The van der Waals surface area contributed by atoms with Crippen molar-refractivity contribution in [2.24, 2.45) is 0 Å². The van der Waals surface area contributed by atoms with Crippen LogP contribution in [0.25, 0.3) is 0 Å². The Bertz CT molecular complexity index is 399. The molecule has 1 aromatic heterocycles. The molecule has 1 atom stereocenters. The van der Waals surface area contributed by atoms with E-state index >= 15 is 0 Å². The molecule has 1 saturated heterocycles. The summed E-state index contributed by atoms with van der Waals surface area (Å²) in [5.74, 6) is -0.158. The molecule has 0 aromatic carbocycles. The van der Waals surface area contributed by atoms with Crippen LogP contribution in [0.1, 0.15) is 30.3 Å². The number of halogens is 1. The molecule has 0 aliphatic carbocycles. The summed E-state index contributed by atoms with van der Waals surface area (Å²) in [4.78, 5) is 15.9. The number of hydrogen-bond donors (Lipinski definition) is 1. The highest BCUT2D eigenvalue weighted by Crippen LogP contribution is 2.23. The molecule has 0 bridgehead atoms. The largest absolute Gasteiger partial charge is 0.373 e. The zero-order valence-electron chi connectivity index (χ0n) is 9.70. The van der Waals surface area contributed by atoms with Gasteiger partial charge in [-0.3, -0.25) is 4.79 Å². The van der Waals surface area contributed by atoms with Gasteiger partial charge in [0, 0.05) is 23.8 Å². The Hall–Kier alpha value is -0.940. The standard InChI is InChI=1S/C12H15BrN2O2/c1-12(5-2-6-17-12)8-15-11(16)10-4-3-9(13)7-14-10/h3-4,7H,2,5-6,8H2,1H3,(H,15,16). The van der Waals surface area contributed by atoms with Crippen molar-refractivity contribution >= 4 is 21.8 Å². The van der Waals surface area contributed by atoms with E-state index in [4.69, 9.17) is 4.74 Å². The maximum atomic E-state index is 11.8. The highest BCUT2D eigenvalue weighted by atomic mass is 79.9. The van der Waals surface area contributed by atoms with Gasteiger partial charge in [-0.1, -0.05) is 0 Å². The molecule has 1 aromatic rings. The second kappa shape index (κ2) is 5.14. The van der Waals surface area contributed by atoms with Crippen LogP contribution in [0.2, 0.25) is 0 Å². The van der Waals surface area contributed by atoms with E-state index in [1.165, 1.54) is 0 Å². The van der Waals surface area contributed by atoms with E-state index in [0.717, 1.165) is 23.9 Å². The lowest BCUT2D eigenvalue weighted by molar-refractivity contribution is 0.0205. The van der Waals surface area contributed by atoms with Crippen molar-refractivity contribution in [1.29, 1.82) is 0 Å². The number of rotatable bonds is 3. The number of aromatic nitrogens is 1. The lowest BCUT2D eigenvalue weighted by Crippen LogP contribution is -2.40. The average Bonchev–Trinajstić information content (AvgIpc) is 2.75. The zero-order chi connectivity index (χ0) is 12.3. The number of carbonyl (C=O) groups excluding carboxylic acids is 1. The van der Waals surface area contributed by atoms with E-state index in [1.807, 2.05) is 6.92 Å². The van der Waals surface area contributed by atoms with Crippen molar-refractivity contribution in [3.05, 3.63) is 28.5 Å². The Morgan fingerprint density at radius 3 is 3.06 bits per heavy atom. The minimum atomic E-state index is -0.217. The Labute approximate surface area is 109 Å². The molecular formula is C12H15BrN2O2. The van der Waals surface area contributed by atoms with E-state index in [-0.39, 0.29) is 11.5 Å². The molecule has 0 saturated carbocycles. The van der Waals surface area contributed by atoms with E-state index in [2.05, 4.69) is 26.2 Å². The summed E-state index contributed by atoms with van der Waals surface area (Å²) in [5.41, 5.74) is 0.208. The summed E-state index contributed by atoms with van der Waals surface area (Å²) in [6.45, 7) is 3.34. The number of pyridine rings is 1. The smallest absolute Gasteiger partial charge is 0.269 e. The predicted molar refractivity (Wildman–Crippen MR) is 67.9 cm³/mol. The van der Waals surface area contributed by atoms with Crippen molar-refractivity contribution < 1.29 is 9.53 Å². The molecule has 92 valence electrons. The molecule has 1 amide bonds. The van der Waals surface area contributed by atoms with Gasteiger partial charge in [-0.2, -0.15) is 0 Å². The van der Waals surface area contributed by atoms with E-state index < -0.39 is 0 Å². The van der Waals surface area contributed by atoms with E-state index in [9.17, 15) is 4.79 Å². The third-order valence-electron chi connectivity index (χ3n) is 2.88. The van der Waals surface area contributed by atoms with Gasteiger partial charge < -0.3 is 10.1 Å². The van der Waals surface area contributed by atoms with Gasteiger partial charge in [0.2, 0.25) is 0 Å². The molecule has 1 fully saturated rings. The summed E-state index contributed by atoms with van der Waals surface area (Å²) in [6, 6.07) is 3.49. The molecule has 1 aliphatic heterocycles. The van der Waals surface area contributed by atoms with Gasteiger partial charge in [0.25, 0.3) is 5.91 Å². The van der Waals surface area contributed by atoms with E-state index in [0.29, 0.717) is 12.2 Å². The van der Waals surface area contributed by atoms with E-state index in [1.54, 1.807) is 18.3 Å². The monoisotopic (exact) mass is 298 g/mol. The number of nitrogens with zero attached hydrogens (tertiary/aromatic N) is 1. The second-order valence-electron chi connectivity index (χ2n) is 4.45. The van der Waals surface area contributed by atoms with Crippen LogP contribution < -0.4 is 5.32 Å². The van der Waals surface area contributed by atoms with Gasteiger partial charge >= 0.3 is 0 Å². The average molecular weight is 299 g/mol. The fourth-order valence-electron chi connectivity index (χ4n) is 1.84. The summed E-state index contributed by atoms with van der Waals surface area (Å²) in [7, 11) is 0. The first-order valence-corrected chi connectivity index (χ1v) is 6.42. The van der Waals surface area contributed by atoms with Crippen molar-refractivity contribution in [3.63, 3.8) is 0 Å². The summed E-state index contributed by atoms with van der Waals surface area (Å²) in [6.07, 6.45) is 3.66. The molecule has 5 heteroatoms. The quantitative estimate of drug-likeness (QED) is 0.930. The number of nitrogens with one attached hydrogen (secondary N) is 1. The molecule has 0 radical (unpaired) electrons. The van der Waals surface area contributed by atoms with Crippen molar-refractivity contribution in [3.8, 4) is 0 Å². The van der Waals surface area contributed by atoms with Crippen LogP contribution >= 0.6 is 15.9 Å². The van der Waals surface area contributed by atoms with Gasteiger partial charge in [-0.25, -0.2) is 4.98 Å². The van der Waals surface area contributed by atoms with Crippen LogP contribution in [-0.2, 0) is 4.74 Å². The zero-order valence-corrected chi connectivity index (χ0v) is 11.3. The molecule has 1 aliphatic rings. The van der Waals surface area contributed by atoms with Crippen LogP contribution in [0.3, 0.4) is 0 Å². The minimum Gasteiger partial charge on any atom is -0.373 e. The topological polar surface area (TPSA) is 51.2 Å². The molecule has 17 heavy (non-hydrogen) atoms. The van der Waals surface area contributed by atoms with Crippen molar-refractivity contribution in [2.75, 3.05) is 13.2 Å². The fourth-order valence-corrected chi connectivity index (χ4v) is 2.08. The molecule has 1 unspecified atom stereocenters. The van der Waals surface area contributed by atoms with Gasteiger partial charge in [-0.15, -0.1) is 0 Å². The summed E-state index contributed by atoms with van der Waals surface area (Å²) >= 11 is 3.28. The van der Waals surface area contributed by atoms with Crippen LogP contribution in [0.4, 0.5) is 0 Å². The molecule has 0 spiro atoms. The molecule has 1 N–H and O–H groups in total. The third kappa shape index (κ3) is 3.26. The lowest BCUT2D eigenvalue weighted by atomic mass is 10.0. The van der Waals surface area contributed by atoms with Gasteiger partial charge in [-0.05, 0) is 47.8 Å². The van der Waals surface area contributed by atoms with Crippen molar-refractivity contribution in [1.82, 2.24) is 10.3 Å². The predicted octanol–water partition coefficient (Wildman–Crippen LogP) is 2.14.